The van der Waals surface area contributed by atoms with Gasteiger partial charge in [0.15, 0.2) is 0 Å². The molecule has 0 bridgehead atoms. The van der Waals surface area contributed by atoms with E-state index in [1.807, 2.05) is 20.8 Å². The average molecular weight is 297 g/mol. The van der Waals surface area contributed by atoms with Crippen molar-refractivity contribution in [3.8, 4) is 0 Å². The Kier molecular flexibility index (Phi) is 4.61. The van der Waals surface area contributed by atoms with Crippen molar-refractivity contribution in [3.05, 3.63) is 0 Å². The topological polar surface area (TPSA) is 66.8 Å². The average Bonchev–Trinajstić information content (AvgIpc) is 2.87. The number of likely N-dealkylation sites (tertiary alicyclic amines) is 1. The molecule has 120 valence electrons. The molecule has 0 amide bonds. The SMILES string of the molecule is CC(C)(C)OC(=O)C1CCN(C2(C(=O)O)CCCC2)CC1. The summed E-state index contributed by atoms with van der Waals surface area (Å²) in [6.07, 6.45) is 4.84. The number of carbonyl (C=O) groups is 2. The number of nitrogens with zero attached hydrogens (tertiary/aromatic N) is 1. The molecule has 0 aromatic heterocycles. The van der Waals surface area contributed by atoms with Gasteiger partial charge in [0.2, 0.25) is 0 Å². The molecule has 1 saturated heterocycles. The van der Waals surface area contributed by atoms with Gasteiger partial charge >= 0.3 is 11.9 Å². The number of ether oxygens (including phenoxy) is 1. The molecule has 0 radical (unpaired) electrons. The summed E-state index contributed by atoms with van der Waals surface area (Å²) in [5, 5.41) is 9.61. The van der Waals surface area contributed by atoms with Crippen molar-refractivity contribution in [2.75, 3.05) is 13.1 Å². The Balaban J connectivity index is 1.94. The lowest BCUT2D eigenvalue weighted by atomic mass is 9.89. The Bertz CT molecular complexity index is 399. The molecule has 1 heterocycles. The van der Waals surface area contributed by atoms with E-state index in [1.165, 1.54) is 0 Å². The van der Waals surface area contributed by atoms with Gasteiger partial charge in [0, 0.05) is 13.1 Å². The number of rotatable bonds is 3. The summed E-state index contributed by atoms with van der Waals surface area (Å²) >= 11 is 0. The molecule has 5 heteroatoms. The zero-order chi connectivity index (χ0) is 15.7. The van der Waals surface area contributed by atoms with Gasteiger partial charge in [0.1, 0.15) is 11.1 Å². The third-order valence-corrected chi connectivity index (χ3v) is 4.67. The monoisotopic (exact) mass is 297 g/mol. The van der Waals surface area contributed by atoms with Gasteiger partial charge in [-0.05, 0) is 46.5 Å². The molecule has 2 fully saturated rings. The van der Waals surface area contributed by atoms with Crippen molar-refractivity contribution < 1.29 is 19.4 Å². The van der Waals surface area contributed by atoms with Crippen molar-refractivity contribution in [2.24, 2.45) is 5.92 Å². The second-order valence-corrected chi connectivity index (χ2v) is 7.34. The Morgan fingerprint density at radius 3 is 2.10 bits per heavy atom. The van der Waals surface area contributed by atoms with Crippen molar-refractivity contribution in [3.63, 3.8) is 0 Å². The minimum atomic E-state index is -0.698. The Morgan fingerprint density at radius 2 is 1.67 bits per heavy atom. The molecule has 21 heavy (non-hydrogen) atoms. The molecule has 1 aliphatic carbocycles. The molecule has 2 aliphatic rings. The van der Waals surface area contributed by atoms with E-state index in [2.05, 4.69) is 4.90 Å². The lowest BCUT2D eigenvalue weighted by Gasteiger charge is -2.42. The van der Waals surface area contributed by atoms with Crippen LogP contribution >= 0.6 is 0 Å². The van der Waals surface area contributed by atoms with Crippen LogP contribution in [-0.2, 0) is 14.3 Å². The first-order valence-corrected chi connectivity index (χ1v) is 7.96. The van der Waals surface area contributed by atoms with Gasteiger partial charge in [-0.2, -0.15) is 0 Å². The van der Waals surface area contributed by atoms with Crippen LogP contribution < -0.4 is 0 Å². The predicted octanol–water partition coefficient (Wildman–Crippen LogP) is 2.44. The quantitative estimate of drug-likeness (QED) is 0.810. The second kappa shape index (κ2) is 5.95. The lowest BCUT2D eigenvalue weighted by Crippen LogP contribution is -2.56. The van der Waals surface area contributed by atoms with Gasteiger partial charge in [-0.3, -0.25) is 14.5 Å². The molecule has 1 N–H and O–H groups in total. The van der Waals surface area contributed by atoms with Crippen molar-refractivity contribution >= 4 is 11.9 Å². The van der Waals surface area contributed by atoms with Gasteiger partial charge in [0.05, 0.1) is 5.92 Å². The Labute approximate surface area is 126 Å². The summed E-state index contributed by atoms with van der Waals surface area (Å²) in [4.78, 5) is 25.9. The molecule has 0 unspecified atom stereocenters. The Hall–Kier alpha value is -1.10. The molecule has 2 rings (SSSR count). The van der Waals surface area contributed by atoms with E-state index >= 15 is 0 Å². The maximum absolute atomic E-state index is 12.1. The summed E-state index contributed by atoms with van der Waals surface area (Å²) in [5.74, 6) is -0.929. The minimum absolute atomic E-state index is 0.0901. The summed E-state index contributed by atoms with van der Waals surface area (Å²) in [6.45, 7) is 6.97. The number of carbonyl (C=O) groups excluding carboxylic acids is 1. The zero-order valence-electron chi connectivity index (χ0n) is 13.4. The summed E-state index contributed by atoms with van der Waals surface area (Å²) < 4.78 is 5.44. The van der Waals surface area contributed by atoms with Gasteiger partial charge < -0.3 is 9.84 Å². The maximum atomic E-state index is 12.1. The molecule has 0 aromatic carbocycles. The molecular formula is C16H27NO4. The second-order valence-electron chi connectivity index (χ2n) is 7.34. The normalized spacial score (nSPS) is 24.0. The maximum Gasteiger partial charge on any atom is 0.324 e. The molecule has 1 aliphatic heterocycles. The van der Waals surface area contributed by atoms with E-state index in [0.29, 0.717) is 25.9 Å². The van der Waals surface area contributed by atoms with Crippen LogP contribution in [0.2, 0.25) is 0 Å². The number of carboxylic acids is 1. The fourth-order valence-electron chi connectivity index (χ4n) is 3.55. The van der Waals surface area contributed by atoms with Crippen LogP contribution in [0.1, 0.15) is 59.3 Å². The number of carboxylic acid groups (broad SMARTS) is 1. The fourth-order valence-corrected chi connectivity index (χ4v) is 3.55. The van der Waals surface area contributed by atoms with E-state index in [1.54, 1.807) is 0 Å². The van der Waals surface area contributed by atoms with Gasteiger partial charge in [0.25, 0.3) is 0 Å². The summed E-state index contributed by atoms with van der Waals surface area (Å²) in [5.41, 5.74) is -1.14. The van der Waals surface area contributed by atoms with Gasteiger partial charge in [-0.1, -0.05) is 12.8 Å². The highest BCUT2D eigenvalue weighted by molar-refractivity contribution is 5.79. The first-order chi connectivity index (χ1) is 9.74. The molecule has 0 spiro atoms. The first kappa shape index (κ1) is 16.3. The van der Waals surface area contributed by atoms with E-state index in [0.717, 1.165) is 25.7 Å². The third-order valence-electron chi connectivity index (χ3n) is 4.67. The number of esters is 1. The Morgan fingerprint density at radius 1 is 1.14 bits per heavy atom. The van der Waals surface area contributed by atoms with E-state index in [-0.39, 0.29) is 11.9 Å². The molecule has 5 nitrogen and oxygen atoms in total. The molecule has 1 saturated carbocycles. The lowest BCUT2D eigenvalue weighted by molar-refractivity contribution is -0.163. The van der Waals surface area contributed by atoms with Crippen molar-refractivity contribution in [1.29, 1.82) is 0 Å². The highest BCUT2D eigenvalue weighted by atomic mass is 16.6. The third kappa shape index (κ3) is 3.57. The van der Waals surface area contributed by atoms with E-state index in [9.17, 15) is 14.7 Å². The van der Waals surface area contributed by atoms with Crippen LogP contribution in [0.15, 0.2) is 0 Å². The van der Waals surface area contributed by atoms with Crippen LogP contribution in [0, 0.1) is 5.92 Å². The number of hydrogen-bond donors (Lipinski definition) is 1. The van der Waals surface area contributed by atoms with E-state index in [4.69, 9.17) is 4.74 Å². The first-order valence-electron chi connectivity index (χ1n) is 7.96. The molecule has 0 atom stereocenters. The number of aliphatic carboxylic acids is 1. The summed E-state index contributed by atoms with van der Waals surface area (Å²) in [6, 6.07) is 0. The molecule has 0 aromatic rings. The van der Waals surface area contributed by atoms with Crippen molar-refractivity contribution in [1.82, 2.24) is 4.90 Å². The van der Waals surface area contributed by atoms with Gasteiger partial charge in [-0.25, -0.2) is 0 Å². The van der Waals surface area contributed by atoms with Crippen LogP contribution in [0.4, 0.5) is 0 Å². The number of piperidine rings is 1. The summed E-state index contributed by atoms with van der Waals surface area (Å²) in [7, 11) is 0. The highest BCUT2D eigenvalue weighted by Crippen LogP contribution is 2.38. The van der Waals surface area contributed by atoms with Crippen LogP contribution in [-0.4, -0.2) is 46.2 Å². The predicted molar refractivity (Wildman–Crippen MR) is 79.0 cm³/mol. The van der Waals surface area contributed by atoms with Crippen LogP contribution in [0.25, 0.3) is 0 Å². The van der Waals surface area contributed by atoms with Crippen molar-refractivity contribution in [2.45, 2.75) is 70.4 Å². The smallest absolute Gasteiger partial charge is 0.324 e. The molecular weight excluding hydrogens is 270 g/mol. The number of hydrogen-bond acceptors (Lipinski definition) is 4. The van der Waals surface area contributed by atoms with Gasteiger partial charge in [-0.15, -0.1) is 0 Å². The fraction of sp³-hybridized carbons (Fsp3) is 0.875. The highest BCUT2D eigenvalue weighted by Gasteiger charge is 2.47. The standard InChI is InChI=1S/C16H27NO4/c1-15(2,3)21-13(18)12-6-10-17(11-7-12)16(14(19)20)8-4-5-9-16/h12H,4-11H2,1-3H3,(H,19,20). The van der Waals surface area contributed by atoms with Crippen LogP contribution in [0.5, 0.6) is 0 Å². The van der Waals surface area contributed by atoms with E-state index < -0.39 is 17.1 Å². The van der Waals surface area contributed by atoms with Crippen LogP contribution in [0.3, 0.4) is 0 Å². The zero-order valence-corrected chi connectivity index (χ0v) is 13.4. The minimum Gasteiger partial charge on any atom is -0.480 e. The largest absolute Gasteiger partial charge is 0.480 e.